The molecule has 1 amide bonds. The summed E-state index contributed by atoms with van der Waals surface area (Å²) in [7, 11) is 2.04. The quantitative estimate of drug-likeness (QED) is 0.846. The van der Waals surface area contributed by atoms with Gasteiger partial charge in [0.05, 0.1) is 5.56 Å². The van der Waals surface area contributed by atoms with Gasteiger partial charge in [0.1, 0.15) is 0 Å². The lowest BCUT2D eigenvalue weighted by Crippen LogP contribution is -2.52. The molecule has 0 bridgehead atoms. The highest BCUT2D eigenvalue weighted by Crippen LogP contribution is 2.15. The third kappa shape index (κ3) is 4.12. The number of likely N-dealkylation sites (N-methyl/N-ethyl adjacent to an activating group) is 1. The molecular weight excluding hydrogens is 273 g/mol. The highest BCUT2D eigenvalue weighted by atomic mass is 19.1. The van der Waals surface area contributed by atoms with Crippen LogP contribution in [0.3, 0.4) is 0 Å². The van der Waals surface area contributed by atoms with Crippen molar-refractivity contribution in [2.24, 2.45) is 0 Å². The van der Waals surface area contributed by atoms with Gasteiger partial charge < -0.3 is 10.2 Å². The van der Waals surface area contributed by atoms with E-state index in [-0.39, 0.29) is 11.4 Å². The maximum Gasteiger partial charge on any atom is 0.268 e. The minimum atomic E-state index is -0.599. The van der Waals surface area contributed by atoms with Crippen molar-refractivity contribution in [1.82, 2.24) is 20.3 Å². The predicted molar refractivity (Wildman–Crippen MR) is 79.5 cm³/mol. The van der Waals surface area contributed by atoms with E-state index in [4.69, 9.17) is 0 Å². The smallest absolute Gasteiger partial charge is 0.268 e. The molecule has 116 valence electrons. The molecule has 0 atom stereocenters. The van der Waals surface area contributed by atoms with E-state index in [1.54, 1.807) is 0 Å². The zero-order valence-corrected chi connectivity index (χ0v) is 12.5. The zero-order chi connectivity index (χ0) is 15.2. The number of piperazine rings is 1. The molecule has 0 unspecified atom stereocenters. The third-order valence-electron chi connectivity index (χ3n) is 3.44. The Morgan fingerprint density at radius 3 is 2.76 bits per heavy atom. The van der Waals surface area contributed by atoms with Crippen molar-refractivity contribution in [3.05, 3.63) is 23.6 Å². The molecule has 1 saturated heterocycles. The SMILES string of the molecule is CCCNc1nccc(C(=O)NN2CCN(C)CC2)c1F. The molecule has 6 nitrogen and oxygen atoms in total. The van der Waals surface area contributed by atoms with Crippen LogP contribution < -0.4 is 10.7 Å². The Hall–Kier alpha value is -1.73. The molecular formula is C14H22FN5O. The van der Waals surface area contributed by atoms with Crippen LogP contribution in [-0.2, 0) is 0 Å². The highest BCUT2D eigenvalue weighted by Gasteiger charge is 2.20. The minimum absolute atomic E-state index is 0.0162. The highest BCUT2D eigenvalue weighted by molar-refractivity contribution is 5.94. The van der Waals surface area contributed by atoms with Crippen LogP contribution in [0.15, 0.2) is 12.3 Å². The summed E-state index contributed by atoms with van der Waals surface area (Å²) in [6, 6.07) is 1.40. The molecule has 0 aromatic carbocycles. The van der Waals surface area contributed by atoms with E-state index < -0.39 is 11.7 Å². The van der Waals surface area contributed by atoms with E-state index in [0.717, 1.165) is 32.6 Å². The fourth-order valence-corrected chi connectivity index (χ4v) is 2.11. The van der Waals surface area contributed by atoms with E-state index in [2.05, 4.69) is 20.6 Å². The standard InChI is InChI=1S/C14H22FN5O/c1-3-5-16-13-12(15)11(4-6-17-13)14(21)18-20-9-7-19(2)8-10-20/h4,6H,3,5,7-10H2,1-2H3,(H,16,17)(H,18,21). The van der Waals surface area contributed by atoms with Crippen molar-refractivity contribution < 1.29 is 9.18 Å². The molecule has 2 heterocycles. The molecule has 1 aromatic heterocycles. The van der Waals surface area contributed by atoms with Crippen LogP contribution in [-0.4, -0.2) is 60.6 Å². The predicted octanol–water partition coefficient (Wildman–Crippen LogP) is 0.935. The van der Waals surface area contributed by atoms with Gasteiger partial charge >= 0.3 is 0 Å². The molecule has 0 spiro atoms. The molecule has 0 aliphatic carbocycles. The fraction of sp³-hybridized carbons (Fsp3) is 0.571. The van der Waals surface area contributed by atoms with Gasteiger partial charge in [0.15, 0.2) is 11.6 Å². The molecule has 0 radical (unpaired) electrons. The lowest BCUT2D eigenvalue weighted by atomic mass is 10.2. The minimum Gasteiger partial charge on any atom is -0.368 e. The van der Waals surface area contributed by atoms with Crippen LogP contribution in [0.2, 0.25) is 0 Å². The van der Waals surface area contributed by atoms with Gasteiger partial charge in [-0.25, -0.2) is 14.4 Å². The van der Waals surface area contributed by atoms with E-state index in [0.29, 0.717) is 6.54 Å². The third-order valence-corrected chi connectivity index (χ3v) is 3.44. The van der Waals surface area contributed by atoms with Crippen LogP contribution in [0, 0.1) is 5.82 Å². The van der Waals surface area contributed by atoms with Crippen LogP contribution in [0.4, 0.5) is 10.2 Å². The summed E-state index contributed by atoms with van der Waals surface area (Å²) in [4.78, 5) is 18.3. The number of anilines is 1. The lowest BCUT2D eigenvalue weighted by Gasteiger charge is -2.32. The van der Waals surface area contributed by atoms with Gasteiger partial charge in [0.25, 0.3) is 5.91 Å². The maximum atomic E-state index is 14.3. The maximum absolute atomic E-state index is 14.3. The first-order chi connectivity index (χ1) is 10.1. The van der Waals surface area contributed by atoms with Crippen molar-refractivity contribution in [2.75, 3.05) is 45.1 Å². The van der Waals surface area contributed by atoms with Gasteiger partial charge in [0.2, 0.25) is 0 Å². The first-order valence-corrected chi connectivity index (χ1v) is 7.24. The van der Waals surface area contributed by atoms with E-state index in [1.165, 1.54) is 12.3 Å². The topological polar surface area (TPSA) is 60.5 Å². The van der Waals surface area contributed by atoms with Gasteiger partial charge in [0, 0.05) is 38.9 Å². The number of hydrazine groups is 1. The molecule has 2 rings (SSSR count). The summed E-state index contributed by atoms with van der Waals surface area (Å²) in [6.07, 6.45) is 2.30. The zero-order valence-electron chi connectivity index (χ0n) is 12.5. The molecule has 0 saturated carbocycles. The normalized spacial score (nSPS) is 16.7. The van der Waals surface area contributed by atoms with E-state index in [1.807, 2.05) is 19.0 Å². The average Bonchev–Trinajstić information content (AvgIpc) is 2.48. The summed E-state index contributed by atoms with van der Waals surface area (Å²) >= 11 is 0. The largest absolute Gasteiger partial charge is 0.368 e. The Labute approximate surface area is 124 Å². The summed E-state index contributed by atoms with van der Waals surface area (Å²) < 4.78 is 14.3. The molecule has 2 N–H and O–H groups in total. The average molecular weight is 295 g/mol. The Morgan fingerprint density at radius 1 is 1.38 bits per heavy atom. The summed E-state index contributed by atoms with van der Waals surface area (Å²) in [5, 5.41) is 4.70. The summed E-state index contributed by atoms with van der Waals surface area (Å²) in [5.74, 6) is -0.903. The van der Waals surface area contributed by atoms with Gasteiger partial charge in [-0.1, -0.05) is 6.92 Å². The van der Waals surface area contributed by atoms with Crippen LogP contribution >= 0.6 is 0 Å². The number of carbonyl (C=O) groups is 1. The molecule has 1 aliphatic heterocycles. The number of nitrogens with zero attached hydrogens (tertiary/aromatic N) is 3. The van der Waals surface area contributed by atoms with Crippen LogP contribution in [0.1, 0.15) is 23.7 Å². The number of halogens is 1. The van der Waals surface area contributed by atoms with Crippen molar-refractivity contribution in [2.45, 2.75) is 13.3 Å². The summed E-state index contributed by atoms with van der Waals surface area (Å²) in [5.41, 5.74) is 2.77. The van der Waals surface area contributed by atoms with Gasteiger partial charge in [-0.05, 0) is 19.5 Å². The number of pyridine rings is 1. The van der Waals surface area contributed by atoms with E-state index >= 15 is 0 Å². The Morgan fingerprint density at radius 2 is 2.10 bits per heavy atom. The number of amides is 1. The number of nitrogens with one attached hydrogen (secondary N) is 2. The number of aromatic nitrogens is 1. The van der Waals surface area contributed by atoms with Crippen molar-refractivity contribution in [3.63, 3.8) is 0 Å². The molecule has 7 heteroatoms. The Balaban J connectivity index is 2.01. The van der Waals surface area contributed by atoms with Crippen LogP contribution in [0.5, 0.6) is 0 Å². The first kappa shape index (κ1) is 15.7. The number of hydrogen-bond acceptors (Lipinski definition) is 5. The second-order valence-corrected chi connectivity index (χ2v) is 5.18. The van der Waals surface area contributed by atoms with Gasteiger partial charge in [-0.3, -0.25) is 10.2 Å². The van der Waals surface area contributed by atoms with Crippen molar-refractivity contribution >= 4 is 11.7 Å². The summed E-state index contributed by atoms with van der Waals surface area (Å²) in [6.45, 7) is 5.82. The Kier molecular flexibility index (Phi) is 5.46. The van der Waals surface area contributed by atoms with Crippen molar-refractivity contribution in [3.8, 4) is 0 Å². The second kappa shape index (κ2) is 7.33. The van der Waals surface area contributed by atoms with Gasteiger partial charge in [-0.15, -0.1) is 0 Å². The Bertz CT molecular complexity index is 488. The molecule has 1 aliphatic rings. The fourth-order valence-electron chi connectivity index (χ4n) is 2.11. The number of hydrogen-bond donors (Lipinski definition) is 2. The molecule has 21 heavy (non-hydrogen) atoms. The van der Waals surface area contributed by atoms with E-state index in [9.17, 15) is 9.18 Å². The molecule has 1 aromatic rings. The van der Waals surface area contributed by atoms with Gasteiger partial charge in [-0.2, -0.15) is 0 Å². The monoisotopic (exact) mass is 295 g/mol. The van der Waals surface area contributed by atoms with Crippen LogP contribution in [0.25, 0.3) is 0 Å². The lowest BCUT2D eigenvalue weighted by molar-refractivity contribution is 0.0658. The second-order valence-electron chi connectivity index (χ2n) is 5.18. The number of carbonyl (C=O) groups excluding carboxylic acids is 1. The number of rotatable bonds is 5. The molecule has 1 fully saturated rings. The van der Waals surface area contributed by atoms with Crippen molar-refractivity contribution in [1.29, 1.82) is 0 Å². The first-order valence-electron chi connectivity index (χ1n) is 7.24.